The monoisotopic (exact) mass is 206 g/mol. The number of aliphatic hydroxyl groups excluding tert-OH is 1. The van der Waals surface area contributed by atoms with Gasteiger partial charge in [-0.25, -0.2) is 0 Å². The lowest BCUT2D eigenvalue weighted by atomic mass is 9.95. The summed E-state index contributed by atoms with van der Waals surface area (Å²) < 4.78 is 0. The van der Waals surface area contributed by atoms with Crippen molar-refractivity contribution in [1.82, 2.24) is 5.32 Å². The van der Waals surface area contributed by atoms with Gasteiger partial charge in [0.1, 0.15) is 0 Å². The fourth-order valence-corrected chi connectivity index (χ4v) is 2.21. The summed E-state index contributed by atoms with van der Waals surface area (Å²) in [6.45, 7) is 1.08. The number of benzene rings is 1. The van der Waals surface area contributed by atoms with Crippen LogP contribution in [0.5, 0.6) is 0 Å². The number of rotatable bonds is 3. The van der Waals surface area contributed by atoms with Crippen molar-refractivity contribution in [2.75, 3.05) is 13.2 Å². The zero-order valence-electron chi connectivity index (χ0n) is 8.82. The van der Waals surface area contributed by atoms with Gasteiger partial charge >= 0.3 is 0 Å². The quantitative estimate of drug-likeness (QED) is 0.694. The highest BCUT2D eigenvalue weighted by molar-refractivity contribution is 5.33. The SMILES string of the molecule is N[C@@H](CO)c1ccccc1C1CCCN1. The summed E-state index contributed by atoms with van der Waals surface area (Å²) in [6.07, 6.45) is 2.38. The van der Waals surface area contributed by atoms with E-state index in [0.717, 1.165) is 18.5 Å². The number of aliphatic hydroxyl groups is 1. The first kappa shape index (κ1) is 10.6. The molecular weight excluding hydrogens is 188 g/mol. The molecule has 82 valence electrons. The van der Waals surface area contributed by atoms with E-state index in [0.29, 0.717) is 6.04 Å². The van der Waals surface area contributed by atoms with Crippen LogP contribution in [0.15, 0.2) is 24.3 Å². The Morgan fingerprint density at radius 1 is 1.47 bits per heavy atom. The fraction of sp³-hybridized carbons (Fsp3) is 0.500. The van der Waals surface area contributed by atoms with Crippen molar-refractivity contribution in [2.45, 2.75) is 24.9 Å². The Labute approximate surface area is 90.3 Å². The second-order valence-corrected chi connectivity index (χ2v) is 4.07. The Kier molecular flexibility index (Phi) is 3.36. The Hall–Kier alpha value is -0.900. The van der Waals surface area contributed by atoms with E-state index in [2.05, 4.69) is 11.4 Å². The molecule has 3 heteroatoms. The third-order valence-corrected chi connectivity index (χ3v) is 3.03. The maximum atomic E-state index is 9.11. The molecule has 0 aromatic heterocycles. The molecule has 2 rings (SSSR count). The highest BCUT2D eigenvalue weighted by Gasteiger charge is 2.20. The maximum Gasteiger partial charge on any atom is 0.0624 e. The average molecular weight is 206 g/mol. The van der Waals surface area contributed by atoms with Crippen LogP contribution in [0.4, 0.5) is 0 Å². The van der Waals surface area contributed by atoms with Crippen LogP contribution in [0.2, 0.25) is 0 Å². The fourth-order valence-electron chi connectivity index (χ4n) is 2.21. The summed E-state index contributed by atoms with van der Waals surface area (Å²) >= 11 is 0. The van der Waals surface area contributed by atoms with E-state index in [1.165, 1.54) is 12.0 Å². The summed E-state index contributed by atoms with van der Waals surface area (Å²) in [5.41, 5.74) is 8.20. The molecule has 1 aromatic rings. The van der Waals surface area contributed by atoms with E-state index in [-0.39, 0.29) is 12.6 Å². The summed E-state index contributed by atoms with van der Waals surface area (Å²) in [5.74, 6) is 0. The predicted molar refractivity (Wildman–Crippen MR) is 60.4 cm³/mol. The first-order valence-corrected chi connectivity index (χ1v) is 5.51. The Bertz CT molecular complexity index is 321. The highest BCUT2D eigenvalue weighted by atomic mass is 16.3. The molecule has 1 saturated heterocycles. The molecule has 2 atom stereocenters. The van der Waals surface area contributed by atoms with Crippen LogP contribution in [-0.2, 0) is 0 Å². The molecule has 0 spiro atoms. The van der Waals surface area contributed by atoms with Crippen LogP contribution in [-0.4, -0.2) is 18.3 Å². The Morgan fingerprint density at radius 2 is 2.27 bits per heavy atom. The molecule has 15 heavy (non-hydrogen) atoms. The minimum Gasteiger partial charge on any atom is -0.394 e. The van der Waals surface area contributed by atoms with Gasteiger partial charge < -0.3 is 16.2 Å². The van der Waals surface area contributed by atoms with Gasteiger partial charge in [-0.1, -0.05) is 24.3 Å². The maximum absolute atomic E-state index is 9.11. The van der Waals surface area contributed by atoms with Crippen molar-refractivity contribution < 1.29 is 5.11 Å². The van der Waals surface area contributed by atoms with Crippen molar-refractivity contribution in [2.24, 2.45) is 5.73 Å². The molecule has 1 fully saturated rings. The number of hydrogen-bond acceptors (Lipinski definition) is 3. The minimum atomic E-state index is -0.261. The van der Waals surface area contributed by atoms with E-state index >= 15 is 0 Å². The topological polar surface area (TPSA) is 58.3 Å². The van der Waals surface area contributed by atoms with Crippen molar-refractivity contribution >= 4 is 0 Å². The summed E-state index contributed by atoms with van der Waals surface area (Å²) in [6, 6.07) is 8.28. The lowest BCUT2D eigenvalue weighted by Crippen LogP contribution is -2.21. The van der Waals surface area contributed by atoms with E-state index in [4.69, 9.17) is 10.8 Å². The van der Waals surface area contributed by atoms with Crippen LogP contribution in [0.1, 0.15) is 36.1 Å². The van der Waals surface area contributed by atoms with Gasteiger partial charge in [-0.2, -0.15) is 0 Å². The van der Waals surface area contributed by atoms with Gasteiger partial charge in [0, 0.05) is 6.04 Å². The molecule has 1 aromatic carbocycles. The zero-order valence-corrected chi connectivity index (χ0v) is 8.82. The molecule has 0 aliphatic carbocycles. The average Bonchev–Trinajstić information content (AvgIpc) is 2.81. The van der Waals surface area contributed by atoms with Crippen molar-refractivity contribution in [3.05, 3.63) is 35.4 Å². The molecule has 0 saturated carbocycles. The molecule has 3 nitrogen and oxygen atoms in total. The van der Waals surface area contributed by atoms with E-state index < -0.39 is 0 Å². The Morgan fingerprint density at radius 3 is 2.93 bits per heavy atom. The lowest BCUT2D eigenvalue weighted by Gasteiger charge is -2.19. The van der Waals surface area contributed by atoms with E-state index in [9.17, 15) is 0 Å². The van der Waals surface area contributed by atoms with Gasteiger partial charge in [0.25, 0.3) is 0 Å². The summed E-state index contributed by atoms with van der Waals surface area (Å²) in [7, 11) is 0. The van der Waals surface area contributed by atoms with Crippen molar-refractivity contribution in [3.8, 4) is 0 Å². The second-order valence-electron chi connectivity index (χ2n) is 4.07. The molecule has 1 aliphatic rings. The molecule has 0 radical (unpaired) electrons. The second kappa shape index (κ2) is 4.75. The molecule has 0 bridgehead atoms. The van der Waals surface area contributed by atoms with Gasteiger partial charge in [0.15, 0.2) is 0 Å². The van der Waals surface area contributed by atoms with Crippen LogP contribution < -0.4 is 11.1 Å². The minimum absolute atomic E-state index is 0.00370. The summed E-state index contributed by atoms with van der Waals surface area (Å²) in [4.78, 5) is 0. The number of hydrogen-bond donors (Lipinski definition) is 3. The predicted octanol–water partition coefficient (Wildman–Crippen LogP) is 1.10. The smallest absolute Gasteiger partial charge is 0.0624 e. The van der Waals surface area contributed by atoms with E-state index in [1.54, 1.807) is 0 Å². The van der Waals surface area contributed by atoms with Crippen molar-refractivity contribution in [1.29, 1.82) is 0 Å². The van der Waals surface area contributed by atoms with Crippen LogP contribution >= 0.6 is 0 Å². The lowest BCUT2D eigenvalue weighted by molar-refractivity contribution is 0.267. The van der Waals surface area contributed by atoms with Gasteiger partial charge in [0.05, 0.1) is 12.6 Å². The van der Waals surface area contributed by atoms with Crippen LogP contribution in [0.3, 0.4) is 0 Å². The van der Waals surface area contributed by atoms with Gasteiger partial charge in [-0.15, -0.1) is 0 Å². The van der Waals surface area contributed by atoms with Crippen molar-refractivity contribution in [3.63, 3.8) is 0 Å². The molecule has 4 N–H and O–H groups in total. The molecule has 1 heterocycles. The molecular formula is C12H18N2O. The van der Waals surface area contributed by atoms with E-state index in [1.807, 2.05) is 18.2 Å². The van der Waals surface area contributed by atoms with Gasteiger partial charge in [0.2, 0.25) is 0 Å². The highest BCUT2D eigenvalue weighted by Crippen LogP contribution is 2.28. The molecule has 1 unspecified atom stereocenters. The third-order valence-electron chi connectivity index (χ3n) is 3.03. The first-order valence-electron chi connectivity index (χ1n) is 5.51. The summed E-state index contributed by atoms with van der Waals surface area (Å²) in [5, 5.41) is 12.6. The van der Waals surface area contributed by atoms with Gasteiger partial charge in [-0.05, 0) is 30.5 Å². The third kappa shape index (κ3) is 2.20. The number of nitrogens with two attached hydrogens (primary N) is 1. The number of nitrogens with one attached hydrogen (secondary N) is 1. The largest absolute Gasteiger partial charge is 0.394 e. The normalized spacial score (nSPS) is 22.9. The van der Waals surface area contributed by atoms with Crippen LogP contribution in [0, 0.1) is 0 Å². The molecule has 1 aliphatic heterocycles. The Balaban J connectivity index is 2.28. The molecule has 0 amide bonds. The van der Waals surface area contributed by atoms with Crippen LogP contribution in [0.25, 0.3) is 0 Å². The zero-order chi connectivity index (χ0) is 10.7. The standard InChI is InChI=1S/C12H18N2O/c13-11(8-15)9-4-1-2-5-10(9)12-6-3-7-14-12/h1-2,4-5,11-12,14-15H,3,6-8,13H2/t11-,12?/m0/s1. The first-order chi connectivity index (χ1) is 7.33. The van der Waals surface area contributed by atoms with Gasteiger partial charge in [-0.3, -0.25) is 0 Å².